The van der Waals surface area contributed by atoms with Gasteiger partial charge in [-0.05, 0) is 23.3 Å². The molecule has 2 aromatic heterocycles. The highest BCUT2D eigenvalue weighted by Gasteiger charge is 2.37. The number of imidazole rings is 2. The van der Waals surface area contributed by atoms with E-state index in [9.17, 15) is 13.2 Å². The van der Waals surface area contributed by atoms with Crippen molar-refractivity contribution in [3.8, 4) is 0 Å². The van der Waals surface area contributed by atoms with Crippen molar-refractivity contribution < 1.29 is 13.2 Å². The quantitative estimate of drug-likeness (QED) is 0.545. The molecule has 0 aliphatic rings. The summed E-state index contributed by atoms with van der Waals surface area (Å²) in [5.74, 6) is -0.879. The predicted octanol–water partition coefficient (Wildman–Crippen LogP) is 4.35. The van der Waals surface area contributed by atoms with Gasteiger partial charge in [-0.15, -0.1) is 0 Å². The number of aromatic nitrogens is 4. The first-order valence-corrected chi connectivity index (χ1v) is 8.07. The van der Waals surface area contributed by atoms with Gasteiger partial charge in [0.2, 0.25) is 5.82 Å². The van der Waals surface area contributed by atoms with E-state index in [-0.39, 0.29) is 6.54 Å². The van der Waals surface area contributed by atoms with Crippen LogP contribution in [-0.2, 0) is 19.3 Å². The van der Waals surface area contributed by atoms with Crippen LogP contribution in [0.4, 0.5) is 13.2 Å². The Morgan fingerprint density at radius 3 is 2.42 bits per heavy atom. The van der Waals surface area contributed by atoms with Crippen LogP contribution in [0.5, 0.6) is 0 Å². The SMILES string of the molecule is FC(F)(F)c1nc2ccc(Cn3ccnc3)cc2n1Cc1ccccc1. The third-order valence-electron chi connectivity index (χ3n) is 4.17. The van der Waals surface area contributed by atoms with Crippen LogP contribution in [0.25, 0.3) is 11.0 Å². The molecule has 2 aromatic carbocycles. The van der Waals surface area contributed by atoms with E-state index in [1.807, 2.05) is 29.0 Å². The Morgan fingerprint density at radius 1 is 0.923 bits per heavy atom. The number of nitrogens with zero attached hydrogens (tertiary/aromatic N) is 4. The molecule has 0 aliphatic heterocycles. The van der Waals surface area contributed by atoms with Crippen LogP contribution in [0, 0.1) is 0 Å². The second-order valence-corrected chi connectivity index (χ2v) is 6.06. The monoisotopic (exact) mass is 356 g/mol. The first kappa shape index (κ1) is 16.4. The number of halogens is 3. The van der Waals surface area contributed by atoms with Crippen molar-refractivity contribution in [1.29, 1.82) is 0 Å². The molecule has 0 aliphatic carbocycles. The van der Waals surface area contributed by atoms with Crippen LogP contribution >= 0.6 is 0 Å². The van der Waals surface area contributed by atoms with Gasteiger partial charge in [-0.25, -0.2) is 9.97 Å². The van der Waals surface area contributed by atoms with Crippen LogP contribution in [0.2, 0.25) is 0 Å². The summed E-state index contributed by atoms with van der Waals surface area (Å²) in [7, 11) is 0. The summed E-state index contributed by atoms with van der Waals surface area (Å²) in [4.78, 5) is 7.82. The molecule has 0 bridgehead atoms. The highest BCUT2D eigenvalue weighted by atomic mass is 19.4. The van der Waals surface area contributed by atoms with Crippen LogP contribution in [0.1, 0.15) is 17.0 Å². The van der Waals surface area contributed by atoms with Gasteiger partial charge in [0.05, 0.1) is 17.4 Å². The Kier molecular flexibility index (Phi) is 3.99. The fourth-order valence-electron chi connectivity index (χ4n) is 3.00. The maximum atomic E-state index is 13.5. The van der Waals surface area contributed by atoms with Gasteiger partial charge in [0.25, 0.3) is 0 Å². The summed E-state index contributed by atoms with van der Waals surface area (Å²) in [5, 5.41) is 0. The predicted molar refractivity (Wildman–Crippen MR) is 91.6 cm³/mol. The maximum absolute atomic E-state index is 13.5. The minimum Gasteiger partial charge on any atom is -0.333 e. The standard InChI is InChI=1S/C19H15F3N4/c20-19(21,22)18-24-16-7-6-15(11-25-9-8-23-13-25)10-17(16)26(18)12-14-4-2-1-3-5-14/h1-10,13H,11-12H2. The lowest BCUT2D eigenvalue weighted by Crippen LogP contribution is -2.15. The lowest BCUT2D eigenvalue weighted by atomic mass is 10.2. The van der Waals surface area contributed by atoms with Crippen LogP contribution < -0.4 is 0 Å². The molecule has 0 saturated heterocycles. The highest BCUT2D eigenvalue weighted by Crippen LogP contribution is 2.32. The number of rotatable bonds is 4. The topological polar surface area (TPSA) is 35.6 Å². The minimum atomic E-state index is -4.52. The zero-order valence-electron chi connectivity index (χ0n) is 13.7. The highest BCUT2D eigenvalue weighted by molar-refractivity contribution is 5.77. The molecular formula is C19H15F3N4. The van der Waals surface area contributed by atoms with Gasteiger partial charge < -0.3 is 9.13 Å². The number of hydrogen-bond donors (Lipinski definition) is 0. The summed E-state index contributed by atoms with van der Waals surface area (Å²) >= 11 is 0. The second kappa shape index (κ2) is 6.33. The van der Waals surface area contributed by atoms with E-state index in [4.69, 9.17) is 0 Å². The molecule has 4 nitrogen and oxygen atoms in total. The molecule has 7 heteroatoms. The molecule has 0 unspecified atom stereocenters. The first-order valence-electron chi connectivity index (χ1n) is 8.07. The lowest BCUT2D eigenvalue weighted by Gasteiger charge is -2.12. The third kappa shape index (κ3) is 3.20. The van der Waals surface area contributed by atoms with Crippen LogP contribution in [0.15, 0.2) is 67.3 Å². The van der Waals surface area contributed by atoms with E-state index in [2.05, 4.69) is 9.97 Å². The number of benzene rings is 2. The molecule has 0 saturated carbocycles. The van der Waals surface area contributed by atoms with E-state index in [0.29, 0.717) is 17.6 Å². The average molecular weight is 356 g/mol. The number of hydrogen-bond acceptors (Lipinski definition) is 2. The van der Waals surface area contributed by atoms with Crippen molar-refractivity contribution in [3.63, 3.8) is 0 Å². The Bertz CT molecular complexity index is 1020. The van der Waals surface area contributed by atoms with E-state index in [1.54, 1.807) is 42.9 Å². The summed E-state index contributed by atoms with van der Waals surface area (Å²) in [6.07, 6.45) is 0.636. The fourth-order valence-corrected chi connectivity index (χ4v) is 3.00. The van der Waals surface area contributed by atoms with E-state index < -0.39 is 12.0 Å². The van der Waals surface area contributed by atoms with Crippen LogP contribution in [-0.4, -0.2) is 19.1 Å². The Hall–Kier alpha value is -3.09. The molecular weight excluding hydrogens is 341 g/mol. The van der Waals surface area contributed by atoms with Crippen LogP contribution in [0.3, 0.4) is 0 Å². The van der Waals surface area contributed by atoms with E-state index >= 15 is 0 Å². The summed E-state index contributed by atoms with van der Waals surface area (Å²) in [5.41, 5.74) is 2.48. The van der Waals surface area contributed by atoms with Crippen molar-refractivity contribution in [2.24, 2.45) is 0 Å². The van der Waals surface area contributed by atoms with Gasteiger partial charge in [0.15, 0.2) is 0 Å². The molecule has 132 valence electrons. The molecule has 0 spiro atoms. The Labute approximate surface area is 147 Å². The molecule has 0 radical (unpaired) electrons. The average Bonchev–Trinajstić information content (AvgIpc) is 3.24. The molecule has 4 rings (SSSR count). The largest absolute Gasteiger partial charge is 0.449 e. The van der Waals surface area contributed by atoms with Gasteiger partial charge in [0.1, 0.15) is 0 Å². The smallest absolute Gasteiger partial charge is 0.333 e. The summed E-state index contributed by atoms with van der Waals surface area (Å²) < 4.78 is 43.6. The van der Waals surface area contributed by atoms with Gasteiger partial charge in [-0.1, -0.05) is 36.4 Å². The fraction of sp³-hybridized carbons (Fsp3) is 0.158. The normalized spacial score (nSPS) is 12.0. The summed E-state index contributed by atoms with van der Waals surface area (Å²) in [6.45, 7) is 0.647. The van der Waals surface area contributed by atoms with E-state index in [0.717, 1.165) is 11.1 Å². The van der Waals surface area contributed by atoms with Gasteiger partial charge in [-0.2, -0.15) is 13.2 Å². The van der Waals surface area contributed by atoms with E-state index in [1.165, 1.54) is 4.57 Å². The third-order valence-corrected chi connectivity index (χ3v) is 4.17. The van der Waals surface area contributed by atoms with Crippen molar-refractivity contribution in [3.05, 3.63) is 84.2 Å². The molecule has 2 heterocycles. The Morgan fingerprint density at radius 2 is 1.73 bits per heavy atom. The zero-order chi connectivity index (χ0) is 18.1. The summed E-state index contributed by atoms with van der Waals surface area (Å²) in [6, 6.07) is 14.3. The van der Waals surface area contributed by atoms with Crippen molar-refractivity contribution in [2.75, 3.05) is 0 Å². The number of alkyl halides is 3. The number of fused-ring (bicyclic) bond motifs is 1. The Balaban J connectivity index is 1.81. The van der Waals surface area contributed by atoms with Gasteiger partial charge in [0, 0.05) is 25.5 Å². The van der Waals surface area contributed by atoms with Gasteiger partial charge in [-0.3, -0.25) is 0 Å². The molecule has 0 atom stereocenters. The molecule has 26 heavy (non-hydrogen) atoms. The first-order chi connectivity index (χ1) is 12.5. The molecule has 0 amide bonds. The van der Waals surface area contributed by atoms with Crippen molar-refractivity contribution >= 4 is 11.0 Å². The second-order valence-electron chi connectivity index (χ2n) is 6.06. The zero-order valence-corrected chi connectivity index (χ0v) is 13.7. The van der Waals surface area contributed by atoms with Gasteiger partial charge >= 0.3 is 6.18 Å². The minimum absolute atomic E-state index is 0.112. The van der Waals surface area contributed by atoms with Crippen molar-refractivity contribution in [2.45, 2.75) is 19.3 Å². The maximum Gasteiger partial charge on any atom is 0.449 e. The molecule has 0 N–H and O–H groups in total. The molecule has 0 fully saturated rings. The van der Waals surface area contributed by atoms with Crippen molar-refractivity contribution in [1.82, 2.24) is 19.1 Å². The molecule has 4 aromatic rings. The lowest BCUT2D eigenvalue weighted by molar-refractivity contribution is -0.146.